The number of aliphatic hydroxyl groups is 1. The van der Waals surface area contributed by atoms with E-state index >= 15 is 0 Å². The third-order valence-electron chi connectivity index (χ3n) is 3.28. The van der Waals surface area contributed by atoms with Crippen molar-refractivity contribution in [2.75, 3.05) is 13.2 Å². The first-order valence-electron chi connectivity index (χ1n) is 5.64. The lowest BCUT2D eigenvalue weighted by Crippen LogP contribution is -2.34. The quantitative estimate of drug-likeness (QED) is 0.842. The number of rotatable bonds is 4. The van der Waals surface area contributed by atoms with Gasteiger partial charge < -0.3 is 10.2 Å². The Labute approximate surface area is 104 Å². The average molecular weight is 256 g/mol. The van der Waals surface area contributed by atoms with Crippen LogP contribution in [0.4, 0.5) is 0 Å². The molecule has 2 heterocycles. The summed E-state index contributed by atoms with van der Waals surface area (Å²) < 4.78 is 0. The summed E-state index contributed by atoms with van der Waals surface area (Å²) >= 11 is 1.15. The summed E-state index contributed by atoms with van der Waals surface area (Å²) in [5.74, 6) is -0.493. The molecule has 1 aromatic heterocycles. The fourth-order valence-corrected chi connectivity index (χ4v) is 2.91. The molecule has 0 spiro atoms. The highest BCUT2D eigenvalue weighted by molar-refractivity contribution is 7.11. The van der Waals surface area contributed by atoms with Crippen LogP contribution in [-0.2, 0) is 6.54 Å². The van der Waals surface area contributed by atoms with E-state index in [1.54, 1.807) is 5.38 Å². The number of hydrogen-bond acceptors (Lipinski definition) is 5. The average Bonchev–Trinajstić information content (AvgIpc) is 2.87. The van der Waals surface area contributed by atoms with Crippen molar-refractivity contribution in [2.24, 2.45) is 5.92 Å². The Kier molecular flexibility index (Phi) is 3.76. The lowest BCUT2D eigenvalue weighted by Gasteiger charge is -2.23. The largest absolute Gasteiger partial charge is 0.476 e. The third kappa shape index (κ3) is 2.65. The Morgan fingerprint density at radius 3 is 3.06 bits per heavy atom. The van der Waals surface area contributed by atoms with E-state index in [0.29, 0.717) is 12.5 Å². The predicted octanol–water partition coefficient (Wildman–Crippen LogP) is 1.04. The van der Waals surface area contributed by atoms with Crippen LogP contribution in [0.3, 0.4) is 0 Å². The van der Waals surface area contributed by atoms with Gasteiger partial charge in [0.15, 0.2) is 0 Å². The molecule has 1 aromatic rings. The second kappa shape index (κ2) is 5.12. The van der Waals surface area contributed by atoms with Gasteiger partial charge in [0.1, 0.15) is 0 Å². The minimum absolute atomic E-state index is 0.132. The summed E-state index contributed by atoms with van der Waals surface area (Å²) in [5, 5.41) is 20.0. The molecule has 0 saturated carbocycles. The molecule has 0 radical (unpaired) electrons. The van der Waals surface area contributed by atoms with Crippen LogP contribution < -0.4 is 0 Å². The third-order valence-corrected chi connectivity index (χ3v) is 4.16. The number of hydrogen-bond donors (Lipinski definition) is 2. The Bertz CT molecular complexity index is 407. The molecule has 1 aliphatic rings. The van der Waals surface area contributed by atoms with E-state index in [-0.39, 0.29) is 17.7 Å². The van der Waals surface area contributed by atoms with Crippen LogP contribution in [0.5, 0.6) is 0 Å². The molecule has 0 aromatic carbocycles. The molecule has 94 valence electrons. The number of thiazole rings is 1. The first kappa shape index (κ1) is 12.5. The Morgan fingerprint density at radius 2 is 2.47 bits per heavy atom. The van der Waals surface area contributed by atoms with Crippen LogP contribution in [0.1, 0.15) is 28.8 Å². The van der Waals surface area contributed by atoms with Crippen LogP contribution in [-0.4, -0.2) is 45.3 Å². The van der Waals surface area contributed by atoms with Crippen LogP contribution in [0.25, 0.3) is 0 Å². The molecule has 0 amide bonds. The molecular weight excluding hydrogens is 240 g/mol. The molecule has 1 saturated heterocycles. The highest BCUT2D eigenvalue weighted by Crippen LogP contribution is 2.25. The normalized spacial score (nSPS) is 25.3. The van der Waals surface area contributed by atoms with E-state index < -0.39 is 5.97 Å². The zero-order valence-electron chi connectivity index (χ0n) is 9.67. The fourth-order valence-electron chi connectivity index (χ4n) is 2.27. The summed E-state index contributed by atoms with van der Waals surface area (Å²) in [5.41, 5.74) is 0.778. The van der Waals surface area contributed by atoms with E-state index in [9.17, 15) is 9.90 Å². The van der Waals surface area contributed by atoms with E-state index in [4.69, 9.17) is 5.11 Å². The van der Waals surface area contributed by atoms with E-state index in [2.05, 4.69) is 16.8 Å². The number of aromatic carboxylic acids is 1. The van der Waals surface area contributed by atoms with Gasteiger partial charge in [0, 0.05) is 18.0 Å². The SMILES string of the molecule is CC1CCN(Cc2csc(C(=O)O)n2)C1CO. The van der Waals surface area contributed by atoms with Gasteiger partial charge >= 0.3 is 5.97 Å². The Balaban J connectivity index is 2.02. The molecule has 2 N–H and O–H groups in total. The van der Waals surface area contributed by atoms with Gasteiger partial charge in [-0.15, -0.1) is 11.3 Å². The first-order valence-corrected chi connectivity index (χ1v) is 6.52. The summed E-state index contributed by atoms with van der Waals surface area (Å²) in [6, 6.07) is 0.171. The molecule has 0 bridgehead atoms. The highest BCUT2D eigenvalue weighted by Gasteiger charge is 2.30. The van der Waals surface area contributed by atoms with Gasteiger partial charge in [-0.25, -0.2) is 9.78 Å². The topological polar surface area (TPSA) is 73.7 Å². The van der Waals surface area contributed by atoms with Crippen molar-refractivity contribution in [1.29, 1.82) is 0 Å². The lowest BCUT2D eigenvalue weighted by atomic mass is 10.0. The molecule has 2 atom stereocenters. The van der Waals surface area contributed by atoms with E-state index in [1.807, 2.05) is 0 Å². The molecule has 0 aliphatic carbocycles. The molecule has 2 rings (SSSR count). The molecule has 17 heavy (non-hydrogen) atoms. The number of likely N-dealkylation sites (tertiary alicyclic amines) is 1. The minimum atomic E-state index is -0.977. The van der Waals surface area contributed by atoms with Crippen molar-refractivity contribution in [1.82, 2.24) is 9.88 Å². The minimum Gasteiger partial charge on any atom is -0.476 e. The van der Waals surface area contributed by atoms with Crippen molar-refractivity contribution in [2.45, 2.75) is 25.9 Å². The van der Waals surface area contributed by atoms with Gasteiger partial charge in [-0.05, 0) is 18.9 Å². The van der Waals surface area contributed by atoms with Crippen molar-refractivity contribution in [3.8, 4) is 0 Å². The number of nitrogens with zero attached hydrogens (tertiary/aromatic N) is 2. The molecule has 1 fully saturated rings. The Morgan fingerprint density at radius 1 is 1.71 bits per heavy atom. The number of carboxylic acid groups (broad SMARTS) is 1. The van der Waals surface area contributed by atoms with Crippen molar-refractivity contribution in [3.05, 3.63) is 16.1 Å². The predicted molar refractivity (Wildman–Crippen MR) is 64.1 cm³/mol. The lowest BCUT2D eigenvalue weighted by molar-refractivity contribution is 0.0695. The maximum absolute atomic E-state index is 10.7. The molecular formula is C11H16N2O3S. The van der Waals surface area contributed by atoms with E-state index in [0.717, 1.165) is 30.0 Å². The summed E-state index contributed by atoms with van der Waals surface area (Å²) in [6.07, 6.45) is 1.07. The smallest absolute Gasteiger partial charge is 0.365 e. The van der Waals surface area contributed by atoms with Gasteiger partial charge in [-0.3, -0.25) is 4.90 Å². The zero-order valence-corrected chi connectivity index (χ0v) is 10.5. The van der Waals surface area contributed by atoms with Gasteiger partial charge in [0.25, 0.3) is 0 Å². The number of carbonyl (C=O) groups is 1. The fraction of sp³-hybridized carbons (Fsp3) is 0.636. The molecule has 6 heteroatoms. The van der Waals surface area contributed by atoms with Crippen molar-refractivity contribution < 1.29 is 15.0 Å². The monoisotopic (exact) mass is 256 g/mol. The van der Waals surface area contributed by atoms with Crippen molar-refractivity contribution in [3.63, 3.8) is 0 Å². The summed E-state index contributed by atoms with van der Waals surface area (Å²) in [6.45, 7) is 3.84. The Hall–Kier alpha value is -0.980. The number of aromatic nitrogens is 1. The highest BCUT2D eigenvalue weighted by atomic mass is 32.1. The van der Waals surface area contributed by atoms with Gasteiger partial charge in [-0.2, -0.15) is 0 Å². The maximum Gasteiger partial charge on any atom is 0.365 e. The van der Waals surface area contributed by atoms with Gasteiger partial charge in [0.05, 0.1) is 12.3 Å². The molecule has 5 nitrogen and oxygen atoms in total. The molecule has 2 unspecified atom stereocenters. The van der Waals surface area contributed by atoms with Crippen LogP contribution >= 0.6 is 11.3 Å². The van der Waals surface area contributed by atoms with Crippen LogP contribution in [0.15, 0.2) is 5.38 Å². The van der Waals surface area contributed by atoms with Crippen molar-refractivity contribution >= 4 is 17.3 Å². The number of aliphatic hydroxyl groups excluding tert-OH is 1. The summed E-state index contributed by atoms with van der Waals surface area (Å²) in [7, 11) is 0. The number of carboxylic acids is 1. The van der Waals surface area contributed by atoms with Gasteiger partial charge in [0.2, 0.25) is 5.01 Å². The van der Waals surface area contributed by atoms with E-state index in [1.165, 1.54) is 0 Å². The second-order valence-electron chi connectivity index (χ2n) is 4.44. The first-order chi connectivity index (χ1) is 8.11. The summed E-state index contributed by atoms with van der Waals surface area (Å²) in [4.78, 5) is 17.0. The standard InChI is InChI=1S/C11H16N2O3S/c1-7-2-3-13(9(7)5-14)4-8-6-17-10(12-8)11(15)16/h6-7,9,14H,2-5H2,1H3,(H,15,16). The van der Waals surface area contributed by atoms with Gasteiger partial charge in [-0.1, -0.05) is 6.92 Å². The molecule has 1 aliphatic heterocycles. The van der Waals surface area contributed by atoms with Crippen LogP contribution in [0, 0.1) is 5.92 Å². The zero-order chi connectivity index (χ0) is 12.4. The second-order valence-corrected chi connectivity index (χ2v) is 5.29. The van der Waals surface area contributed by atoms with Crippen LogP contribution in [0.2, 0.25) is 0 Å². The maximum atomic E-state index is 10.7.